The number of carbonyl (C=O) groups excluding carboxylic acids is 2. The molecular formula is C37H48F2N4O5. The van der Waals surface area contributed by atoms with Crippen molar-refractivity contribution in [3.63, 3.8) is 0 Å². The van der Waals surface area contributed by atoms with Crippen molar-refractivity contribution in [3.8, 4) is 5.75 Å². The predicted octanol–water partition coefficient (Wildman–Crippen LogP) is 6.25. The number of carbonyl (C=O) groups is 2. The Hall–Kier alpha value is -4.35. The van der Waals surface area contributed by atoms with Gasteiger partial charge < -0.3 is 30.2 Å². The van der Waals surface area contributed by atoms with Gasteiger partial charge in [0.1, 0.15) is 24.0 Å². The van der Waals surface area contributed by atoms with Gasteiger partial charge in [0.25, 0.3) is 11.8 Å². The molecule has 2 atom stereocenters. The zero-order valence-electron chi connectivity index (χ0n) is 28.7. The number of benzene rings is 3. The molecule has 3 N–H and O–H groups in total. The van der Waals surface area contributed by atoms with Crippen LogP contribution in [0.2, 0.25) is 0 Å². The molecule has 0 unspecified atom stereocenters. The van der Waals surface area contributed by atoms with Crippen molar-refractivity contribution in [1.29, 1.82) is 0 Å². The van der Waals surface area contributed by atoms with Gasteiger partial charge in [0.15, 0.2) is 0 Å². The molecule has 3 aromatic rings. The number of aliphatic hydroxyl groups excluding tert-OH is 1. The Kier molecular flexibility index (Phi) is 15.0. The summed E-state index contributed by atoms with van der Waals surface area (Å²) in [7, 11) is 1.57. The number of nitrogens with one attached hydrogen (secondary N) is 2. The first-order valence-corrected chi connectivity index (χ1v) is 16.3. The van der Waals surface area contributed by atoms with Crippen LogP contribution in [0.25, 0.3) is 0 Å². The molecule has 2 amide bonds. The second-order valence-corrected chi connectivity index (χ2v) is 12.2. The van der Waals surface area contributed by atoms with E-state index in [0.29, 0.717) is 43.3 Å². The van der Waals surface area contributed by atoms with Crippen molar-refractivity contribution < 1.29 is 33.1 Å². The lowest BCUT2D eigenvalue weighted by Gasteiger charge is -2.26. The maximum absolute atomic E-state index is 14.4. The molecule has 0 spiro atoms. The number of halogens is 2. The summed E-state index contributed by atoms with van der Waals surface area (Å²) in [6.07, 6.45) is 0.234. The summed E-state index contributed by atoms with van der Waals surface area (Å²) >= 11 is 0. The molecule has 9 nitrogen and oxygen atoms in total. The Balaban J connectivity index is 1.96. The molecule has 11 heteroatoms. The summed E-state index contributed by atoms with van der Waals surface area (Å²) < 4.78 is 34.0. The van der Waals surface area contributed by atoms with E-state index in [0.717, 1.165) is 36.6 Å². The minimum absolute atomic E-state index is 0.0218. The first-order chi connectivity index (χ1) is 22.9. The molecule has 3 aromatic carbocycles. The number of methoxy groups -OCH3 is 1. The fourth-order valence-electron chi connectivity index (χ4n) is 5.11. The summed E-state index contributed by atoms with van der Waals surface area (Å²) in [5.41, 5.74) is 2.29. The van der Waals surface area contributed by atoms with Gasteiger partial charge in [-0.25, -0.2) is 8.78 Å². The highest BCUT2D eigenvalue weighted by Crippen LogP contribution is 2.22. The van der Waals surface area contributed by atoms with E-state index in [4.69, 9.17) is 9.57 Å². The third kappa shape index (κ3) is 11.4. The third-order valence-corrected chi connectivity index (χ3v) is 7.48. The number of nitrogens with zero attached hydrogens (tertiary/aromatic N) is 2. The van der Waals surface area contributed by atoms with Crippen molar-refractivity contribution in [1.82, 2.24) is 15.5 Å². The predicted molar refractivity (Wildman–Crippen MR) is 183 cm³/mol. The summed E-state index contributed by atoms with van der Waals surface area (Å²) in [4.78, 5) is 34.8. The maximum atomic E-state index is 14.4. The smallest absolute Gasteiger partial charge is 0.253 e. The van der Waals surface area contributed by atoms with Crippen molar-refractivity contribution in [2.24, 2.45) is 11.1 Å². The summed E-state index contributed by atoms with van der Waals surface area (Å²) in [6.45, 7) is 11.5. The SMILES string of the molecule is CCCN(CCC)C(=O)c1cc(C(=O)N[C@@H](c2cc(F)cc(F)c2)[C@H](O)CNCc2cccc(OC)c2)cc(C(C)=NOCC(C)C)c1. The molecule has 48 heavy (non-hydrogen) atoms. The summed E-state index contributed by atoms with van der Waals surface area (Å²) in [6, 6.07) is 13.8. The van der Waals surface area contributed by atoms with Crippen LogP contribution >= 0.6 is 0 Å². The summed E-state index contributed by atoms with van der Waals surface area (Å²) in [5, 5.41) is 21.4. The Morgan fingerprint density at radius 2 is 1.58 bits per heavy atom. The molecule has 0 heterocycles. The Labute approximate surface area is 282 Å². The lowest BCUT2D eigenvalue weighted by Crippen LogP contribution is -2.41. The molecule has 0 saturated heterocycles. The van der Waals surface area contributed by atoms with Crippen LogP contribution in [0.5, 0.6) is 5.75 Å². The van der Waals surface area contributed by atoms with Crippen LogP contribution in [0.3, 0.4) is 0 Å². The second kappa shape index (κ2) is 18.8. The van der Waals surface area contributed by atoms with Gasteiger partial charge in [-0.05, 0) is 79.3 Å². The standard InChI is InChI=1S/C37H48F2N4O5/c1-7-12-43(13-8-2)37(46)30-16-27(25(5)42-48-23-24(3)4)15-29(17-30)36(45)41-35(28-18-31(38)20-32(39)19-28)34(44)22-40-21-26-10-9-11-33(14-26)47-6/h9-11,14-20,24,34-35,40,44H,7-8,12-13,21-23H2,1-6H3,(H,41,45)/t34-,35+/m1/s1. The van der Waals surface area contributed by atoms with Crippen LogP contribution in [0.15, 0.2) is 65.8 Å². The lowest BCUT2D eigenvalue weighted by atomic mass is 9.98. The lowest BCUT2D eigenvalue weighted by molar-refractivity contribution is 0.0755. The average Bonchev–Trinajstić information content (AvgIpc) is 3.05. The van der Waals surface area contributed by atoms with Gasteiger partial charge in [0.05, 0.1) is 25.0 Å². The van der Waals surface area contributed by atoms with Crippen molar-refractivity contribution in [2.45, 2.75) is 66.2 Å². The van der Waals surface area contributed by atoms with E-state index >= 15 is 0 Å². The first-order valence-electron chi connectivity index (χ1n) is 16.3. The Morgan fingerprint density at radius 1 is 0.938 bits per heavy atom. The summed E-state index contributed by atoms with van der Waals surface area (Å²) in [5.74, 6) is -1.67. The largest absolute Gasteiger partial charge is 0.497 e. The highest BCUT2D eigenvalue weighted by molar-refractivity contribution is 6.06. The molecule has 260 valence electrons. The molecule has 0 bridgehead atoms. The highest BCUT2D eigenvalue weighted by Gasteiger charge is 2.26. The fourth-order valence-corrected chi connectivity index (χ4v) is 5.11. The Morgan fingerprint density at radius 3 is 2.21 bits per heavy atom. The van der Waals surface area contributed by atoms with Gasteiger partial charge in [-0.1, -0.05) is 45.0 Å². The van der Waals surface area contributed by atoms with Gasteiger partial charge >= 0.3 is 0 Å². The van der Waals surface area contributed by atoms with E-state index in [1.54, 1.807) is 31.1 Å². The van der Waals surface area contributed by atoms with Crippen LogP contribution in [0, 0.1) is 17.6 Å². The van der Waals surface area contributed by atoms with E-state index in [9.17, 15) is 23.5 Å². The molecule has 0 radical (unpaired) electrons. The van der Waals surface area contributed by atoms with E-state index in [1.807, 2.05) is 52.0 Å². The van der Waals surface area contributed by atoms with Gasteiger partial charge in [-0.3, -0.25) is 9.59 Å². The van der Waals surface area contributed by atoms with E-state index in [-0.39, 0.29) is 35.1 Å². The number of oxime groups is 1. The molecule has 0 aromatic heterocycles. The van der Waals surface area contributed by atoms with E-state index in [1.165, 1.54) is 6.07 Å². The van der Waals surface area contributed by atoms with Crippen molar-refractivity contribution in [2.75, 3.05) is 33.4 Å². The number of aliphatic hydroxyl groups is 1. The topological polar surface area (TPSA) is 112 Å². The third-order valence-electron chi connectivity index (χ3n) is 7.48. The van der Waals surface area contributed by atoms with Crippen LogP contribution < -0.4 is 15.4 Å². The molecule has 3 rings (SSSR count). The quantitative estimate of drug-likeness (QED) is 0.109. The van der Waals surface area contributed by atoms with Gasteiger partial charge in [-0.15, -0.1) is 0 Å². The number of hydrogen-bond acceptors (Lipinski definition) is 7. The van der Waals surface area contributed by atoms with Crippen LogP contribution in [-0.2, 0) is 11.4 Å². The molecule has 0 aliphatic rings. The minimum atomic E-state index is -1.29. The van der Waals surface area contributed by atoms with Crippen LogP contribution in [0.1, 0.15) is 90.9 Å². The zero-order chi connectivity index (χ0) is 35.2. The number of hydrogen-bond donors (Lipinski definition) is 3. The Bertz CT molecular complexity index is 1520. The molecule has 0 saturated carbocycles. The monoisotopic (exact) mass is 666 g/mol. The molecular weight excluding hydrogens is 618 g/mol. The van der Waals surface area contributed by atoms with Gasteiger partial charge in [-0.2, -0.15) is 0 Å². The molecule has 0 aliphatic heterocycles. The fraction of sp³-hybridized carbons (Fsp3) is 0.432. The van der Waals surface area contributed by atoms with E-state index < -0.39 is 29.7 Å². The first kappa shape index (κ1) is 38.1. The number of rotatable bonds is 18. The van der Waals surface area contributed by atoms with Crippen molar-refractivity contribution >= 4 is 17.5 Å². The number of ether oxygens (including phenoxy) is 1. The highest BCUT2D eigenvalue weighted by atomic mass is 19.1. The van der Waals surface area contributed by atoms with Crippen molar-refractivity contribution in [3.05, 3.63) is 100 Å². The normalized spacial score (nSPS) is 12.8. The number of amides is 2. The van der Waals surface area contributed by atoms with Gasteiger partial charge in [0, 0.05) is 48.9 Å². The average molecular weight is 667 g/mol. The minimum Gasteiger partial charge on any atom is -0.497 e. The van der Waals surface area contributed by atoms with Gasteiger partial charge in [0.2, 0.25) is 0 Å². The molecule has 0 aliphatic carbocycles. The van der Waals surface area contributed by atoms with E-state index in [2.05, 4.69) is 15.8 Å². The van der Waals surface area contributed by atoms with Crippen LogP contribution in [-0.4, -0.2) is 67.0 Å². The molecule has 0 fully saturated rings. The zero-order valence-corrected chi connectivity index (χ0v) is 28.7. The second-order valence-electron chi connectivity index (χ2n) is 12.2. The maximum Gasteiger partial charge on any atom is 0.253 e. The van der Waals surface area contributed by atoms with Crippen LogP contribution in [0.4, 0.5) is 8.78 Å².